The molecule has 0 radical (unpaired) electrons. The van der Waals surface area contributed by atoms with Crippen LogP contribution in [0.2, 0.25) is 0 Å². The van der Waals surface area contributed by atoms with E-state index < -0.39 is 0 Å². The molecule has 0 aliphatic carbocycles. The van der Waals surface area contributed by atoms with E-state index in [-0.39, 0.29) is 0 Å². The third kappa shape index (κ3) is 1.92. The van der Waals surface area contributed by atoms with Crippen LogP contribution in [0.1, 0.15) is 15.3 Å². The molecule has 1 aromatic heterocycles. The summed E-state index contributed by atoms with van der Waals surface area (Å²) in [5.74, 6) is 1.83. The summed E-state index contributed by atoms with van der Waals surface area (Å²) in [6.45, 7) is 10.7. The monoisotopic (exact) mass is 236 g/mol. The van der Waals surface area contributed by atoms with Crippen LogP contribution >= 0.6 is 11.3 Å². The summed E-state index contributed by atoms with van der Waals surface area (Å²) in [5, 5.41) is 3.50. The van der Waals surface area contributed by atoms with Crippen LogP contribution in [-0.4, -0.2) is 31.1 Å². The van der Waals surface area contributed by atoms with Crippen LogP contribution in [0.5, 0.6) is 0 Å². The van der Waals surface area contributed by atoms with Gasteiger partial charge in [0.25, 0.3) is 0 Å². The van der Waals surface area contributed by atoms with Crippen molar-refractivity contribution >= 4 is 11.3 Å². The Morgan fingerprint density at radius 2 is 2.00 bits per heavy atom. The number of hydrogen-bond donors (Lipinski definition) is 1. The van der Waals surface area contributed by atoms with E-state index in [1.165, 1.54) is 42.5 Å². The van der Waals surface area contributed by atoms with Crippen LogP contribution < -0.4 is 5.32 Å². The second kappa shape index (κ2) is 4.13. The maximum absolute atomic E-state index is 3.50. The Kier molecular flexibility index (Phi) is 2.78. The quantitative estimate of drug-likeness (QED) is 0.845. The predicted octanol–water partition coefficient (Wildman–Crippen LogP) is 2.02. The highest BCUT2D eigenvalue weighted by atomic mass is 32.1. The van der Waals surface area contributed by atoms with Gasteiger partial charge in [-0.3, -0.25) is 4.90 Å². The molecule has 0 aromatic carbocycles. The summed E-state index contributed by atoms with van der Waals surface area (Å²) < 4.78 is 0. The molecule has 2 aliphatic rings. The van der Waals surface area contributed by atoms with Gasteiger partial charge in [-0.1, -0.05) is 0 Å². The second-order valence-electron chi connectivity index (χ2n) is 5.31. The molecule has 2 nitrogen and oxygen atoms in total. The van der Waals surface area contributed by atoms with Gasteiger partial charge in [-0.25, -0.2) is 0 Å². The van der Waals surface area contributed by atoms with Gasteiger partial charge >= 0.3 is 0 Å². The lowest BCUT2D eigenvalue weighted by Gasteiger charge is -2.16. The minimum absolute atomic E-state index is 0.917. The topological polar surface area (TPSA) is 15.3 Å². The molecule has 0 saturated carbocycles. The molecular weight excluding hydrogens is 216 g/mol. The zero-order valence-electron chi connectivity index (χ0n) is 10.1. The van der Waals surface area contributed by atoms with Crippen molar-refractivity contribution in [3.05, 3.63) is 21.4 Å². The van der Waals surface area contributed by atoms with Gasteiger partial charge in [-0.05, 0) is 50.4 Å². The van der Waals surface area contributed by atoms with Crippen LogP contribution in [0, 0.1) is 25.7 Å². The van der Waals surface area contributed by atoms with E-state index in [0.717, 1.165) is 11.8 Å². The lowest BCUT2D eigenvalue weighted by Crippen LogP contribution is -2.25. The van der Waals surface area contributed by atoms with Crippen molar-refractivity contribution in [2.24, 2.45) is 11.8 Å². The zero-order chi connectivity index (χ0) is 11.1. The van der Waals surface area contributed by atoms with E-state index >= 15 is 0 Å². The summed E-state index contributed by atoms with van der Waals surface area (Å²) in [6, 6.07) is 2.37. The number of nitrogens with one attached hydrogen (secondary N) is 1. The minimum atomic E-state index is 0.917. The summed E-state index contributed by atoms with van der Waals surface area (Å²) >= 11 is 1.93. The fraction of sp³-hybridized carbons (Fsp3) is 0.692. The van der Waals surface area contributed by atoms with Crippen molar-refractivity contribution in [1.29, 1.82) is 0 Å². The highest BCUT2D eigenvalue weighted by molar-refractivity contribution is 7.12. The molecule has 1 N–H and O–H groups in total. The number of hydrogen-bond acceptors (Lipinski definition) is 3. The van der Waals surface area contributed by atoms with Crippen LogP contribution in [0.4, 0.5) is 0 Å². The predicted molar refractivity (Wildman–Crippen MR) is 68.9 cm³/mol. The smallest absolute Gasteiger partial charge is 0.0245 e. The third-order valence-corrected chi connectivity index (χ3v) is 5.01. The van der Waals surface area contributed by atoms with Crippen molar-refractivity contribution in [2.45, 2.75) is 20.4 Å². The number of thiophene rings is 1. The maximum Gasteiger partial charge on any atom is 0.0245 e. The molecule has 16 heavy (non-hydrogen) atoms. The Morgan fingerprint density at radius 1 is 1.31 bits per heavy atom. The van der Waals surface area contributed by atoms with Gasteiger partial charge in [-0.2, -0.15) is 0 Å². The van der Waals surface area contributed by atoms with Crippen molar-refractivity contribution in [1.82, 2.24) is 10.2 Å². The van der Waals surface area contributed by atoms with Crippen LogP contribution in [-0.2, 0) is 6.54 Å². The Balaban J connectivity index is 1.66. The molecule has 3 rings (SSSR count). The van der Waals surface area contributed by atoms with E-state index in [4.69, 9.17) is 0 Å². The molecule has 2 aliphatic heterocycles. The number of fused-ring (bicyclic) bond motifs is 1. The Morgan fingerprint density at radius 3 is 2.56 bits per heavy atom. The first-order chi connectivity index (χ1) is 7.72. The number of nitrogens with zero attached hydrogens (tertiary/aromatic N) is 1. The van der Waals surface area contributed by atoms with E-state index in [2.05, 4.69) is 30.1 Å². The van der Waals surface area contributed by atoms with E-state index in [9.17, 15) is 0 Å². The highest BCUT2D eigenvalue weighted by Gasteiger charge is 2.35. The summed E-state index contributed by atoms with van der Waals surface area (Å²) in [6.07, 6.45) is 0. The Labute approximate surface area is 102 Å². The molecule has 0 bridgehead atoms. The normalized spacial score (nSPS) is 29.9. The fourth-order valence-corrected chi connectivity index (χ4v) is 4.10. The first-order valence-electron chi connectivity index (χ1n) is 6.21. The van der Waals surface area contributed by atoms with Gasteiger partial charge in [0.15, 0.2) is 0 Å². The van der Waals surface area contributed by atoms with Crippen LogP contribution in [0.15, 0.2) is 6.07 Å². The van der Waals surface area contributed by atoms with Gasteiger partial charge in [-0.15, -0.1) is 11.3 Å². The molecule has 0 unspecified atom stereocenters. The molecule has 88 valence electrons. The van der Waals surface area contributed by atoms with Gasteiger partial charge < -0.3 is 5.32 Å². The number of rotatable bonds is 2. The number of likely N-dealkylation sites (tertiary alicyclic amines) is 1. The molecule has 2 fully saturated rings. The molecule has 0 amide bonds. The maximum atomic E-state index is 3.50. The molecular formula is C13H20N2S. The van der Waals surface area contributed by atoms with E-state index in [0.29, 0.717) is 0 Å². The molecule has 2 atom stereocenters. The van der Waals surface area contributed by atoms with Crippen molar-refractivity contribution in [3.8, 4) is 0 Å². The molecule has 2 saturated heterocycles. The molecule has 0 spiro atoms. The van der Waals surface area contributed by atoms with E-state index in [1.807, 2.05) is 11.3 Å². The second-order valence-corrected chi connectivity index (χ2v) is 6.77. The van der Waals surface area contributed by atoms with Crippen molar-refractivity contribution in [3.63, 3.8) is 0 Å². The summed E-state index contributed by atoms with van der Waals surface area (Å²) in [5.41, 5.74) is 1.55. The molecule has 3 heteroatoms. The highest BCUT2D eigenvalue weighted by Crippen LogP contribution is 2.29. The van der Waals surface area contributed by atoms with Gasteiger partial charge in [0.2, 0.25) is 0 Å². The summed E-state index contributed by atoms with van der Waals surface area (Å²) in [7, 11) is 0. The standard InChI is InChI=1S/C13H20N2S/c1-9-3-11(10(2)16-9)6-15-7-12-4-14-5-13(12)8-15/h3,12-14H,4-8H2,1-2H3/t12-,13+. The van der Waals surface area contributed by atoms with Gasteiger partial charge in [0.05, 0.1) is 0 Å². The average molecular weight is 236 g/mol. The van der Waals surface area contributed by atoms with Gasteiger partial charge in [0.1, 0.15) is 0 Å². The lowest BCUT2D eigenvalue weighted by atomic mass is 10.0. The zero-order valence-corrected chi connectivity index (χ0v) is 10.9. The van der Waals surface area contributed by atoms with Gasteiger partial charge in [0, 0.05) is 29.4 Å². The Bertz CT molecular complexity index is 373. The van der Waals surface area contributed by atoms with Crippen LogP contribution in [0.25, 0.3) is 0 Å². The third-order valence-electron chi connectivity index (χ3n) is 4.00. The Hall–Kier alpha value is -0.380. The minimum Gasteiger partial charge on any atom is -0.316 e. The molecule has 3 heterocycles. The summed E-state index contributed by atoms with van der Waals surface area (Å²) in [4.78, 5) is 5.60. The fourth-order valence-electron chi connectivity index (χ4n) is 3.16. The first-order valence-corrected chi connectivity index (χ1v) is 7.03. The van der Waals surface area contributed by atoms with Crippen LogP contribution in [0.3, 0.4) is 0 Å². The SMILES string of the molecule is Cc1cc(CN2C[C@H]3CNC[C@H]3C2)c(C)s1. The lowest BCUT2D eigenvalue weighted by molar-refractivity contribution is 0.305. The number of aryl methyl sites for hydroxylation is 2. The largest absolute Gasteiger partial charge is 0.316 e. The van der Waals surface area contributed by atoms with Crippen molar-refractivity contribution in [2.75, 3.05) is 26.2 Å². The first kappa shape index (κ1) is 10.8. The average Bonchev–Trinajstić information content (AvgIpc) is 2.82. The van der Waals surface area contributed by atoms with Crippen molar-refractivity contribution < 1.29 is 0 Å². The van der Waals surface area contributed by atoms with E-state index in [1.54, 1.807) is 5.56 Å². The molecule has 1 aromatic rings.